The van der Waals surface area contributed by atoms with Crippen molar-refractivity contribution in [1.29, 1.82) is 0 Å². The minimum atomic E-state index is -0.776. The molecule has 0 amide bonds. The van der Waals surface area contributed by atoms with Crippen LogP contribution >= 0.6 is 31.9 Å². The summed E-state index contributed by atoms with van der Waals surface area (Å²) in [5.74, 6) is -0.686. The molecule has 5 atom stereocenters. The molecule has 1 N–H and O–H groups in total. The summed E-state index contributed by atoms with van der Waals surface area (Å²) in [5.41, 5.74) is -1.27. The Labute approximate surface area is 124 Å². The molecule has 2 rings (SSSR count). The lowest BCUT2D eigenvalue weighted by Gasteiger charge is -2.53. The maximum atomic E-state index is 12.5. The molecular formula is C13H18Br2O3. The van der Waals surface area contributed by atoms with E-state index < -0.39 is 16.8 Å². The Bertz CT molecular complexity index is 398. The van der Waals surface area contributed by atoms with Crippen molar-refractivity contribution >= 4 is 43.6 Å². The number of carbonyl (C=O) groups excluding carboxylic acids is 1. The first-order valence-electron chi connectivity index (χ1n) is 6.29. The van der Waals surface area contributed by atoms with Crippen LogP contribution < -0.4 is 0 Å². The maximum Gasteiger partial charge on any atom is 0.309 e. The second-order valence-corrected chi connectivity index (χ2v) is 8.23. The van der Waals surface area contributed by atoms with Crippen molar-refractivity contribution < 1.29 is 14.7 Å². The Morgan fingerprint density at radius 3 is 2.50 bits per heavy atom. The number of hydrogen-bond acceptors (Lipinski definition) is 2. The van der Waals surface area contributed by atoms with Gasteiger partial charge in [-0.15, -0.1) is 0 Å². The molecule has 0 aliphatic heterocycles. The van der Waals surface area contributed by atoms with Crippen LogP contribution in [-0.2, 0) is 9.59 Å². The summed E-state index contributed by atoms with van der Waals surface area (Å²) in [4.78, 5) is 24.0. The van der Waals surface area contributed by atoms with Crippen LogP contribution in [0.1, 0.15) is 39.5 Å². The van der Waals surface area contributed by atoms with Crippen LogP contribution in [0.15, 0.2) is 0 Å². The van der Waals surface area contributed by atoms with Crippen LogP contribution in [0.25, 0.3) is 0 Å². The first kappa shape index (κ1) is 14.5. The van der Waals surface area contributed by atoms with Crippen LogP contribution in [0, 0.1) is 16.7 Å². The van der Waals surface area contributed by atoms with Gasteiger partial charge in [0.1, 0.15) is 0 Å². The zero-order valence-corrected chi connectivity index (χ0v) is 13.8. The van der Waals surface area contributed by atoms with Crippen molar-refractivity contribution in [2.75, 3.05) is 0 Å². The highest BCUT2D eigenvalue weighted by molar-refractivity contribution is 9.12. The van der Waals surface area contributed by atoms with Gasteiger partial charge in [0.25, 0.3) is 0 Å². The van der Waals surface area contributed by atoms with E-state index in [1.54, 1.807) is 6.92 Å². The largest absolute Gasteiger partial charge is 0.481 e. The number of carboxylic acid groups (broad SMARTS) is 1. The topological polar surface area (TPSA) is 54.4 Å². The van der Waals surface area contributed by atoms with Crippen LogP contribution in [0.3, 0.4) is 0 Å². The van der Waals surface area contributed by atoms with Gasteiger partial charge in [-0.05, 0) is 32.1 Å². The molecule has 0 radical (unpaired) electrons. The molecule has 2 fully saturated rings. The summed E-state index contributed by atoms with van der Waals surface area (Å²) in [6, 6.07) is 0. The predicted octanol–water partition coefficient (Wildman–Crippen LogP) is 3.38. The molecule has 5 heteroatoms. The van der Waals surface area contributed by atoms with Crippen LogP contribution in [0.5, 0.6) is 0 Å². The van der Waals surface area contributed by atoms with Crippen LogP contribution in [-0.4, -0.2) is 26.5 Å². The summed E-state index contributed by atoms with van der Waals surface area (Å²) >= 11 is 6.97. The molecule has 18 heavy (non-hydrogen) atoms. The van der Waals surface area contributed by atoms with E-state index in [2.05, 4.69) is 31.9 Å². The number of hydrogen-bond donors (Lipinski definition) is 1. The third-order valence-corrected chi connectivity index (χ3v) is 7.68. The lowest BCUT2D eigenvalue weighted by atomic mass is 9.50. The van der Waals surface area contributed by atoms with E-state index >= 15 is 0 Å². The highest BCUT2D eigenvalue weighted by atomic mass is 79.9. The van der Waals surface area contributed by atoms with Crippen molar-refractivity contribution in [2.45, 2.75) is 49.2 Å². The monoisotopic (exact) mass is 380 g/mol. The average molecular weight is 382 g/mol. The molecule has 2 aliphatic rings. The van der Waals surface area contributed by atoms with Gasteiger partial charge in [-0.2, -0.15) is 0 Å². The first-order chi connectivity index (χ1) is 8.23. The number of ketones is 1. The second kappa shape index (κ2) is 4.58. The molecule has 0 saturated heterocycles. The molecule has 2 aliphatic carbocycles. The summed E-state index contributed by atoms with van der Waals surface area (Å²) in [7, 11) is 0. The van der Waals surface area contributed by atoms with Crippen molar-refractivity contribution in [3.8, 4) is 0 Å². The molecule has 0 aromatic heterocycles. The smallest absolute Gasteiger partial charge is 0.309 e. The fourth-order valence-electron chi connectivity index (χ4n) is 3.77. The highest BCUT2D eigenvalue weighted by Crippen LogP contribution is 2.58. The average Bonchev–Trinajstić information content (AvgIpc) is 2.30. The lowest BCUT2D eigenvalue weighted by molar-refractivity contribution is -0.165. The Morgan fingerprint density at radius 2 is 1.94 bits per heavy atom. The molecular weight excluding hydrogens is 364 g/mol. The fourth-order valence-corrected chi connectivity index (χ4v) is 5.12. The zero-order valence-electron chi connectivity index (χ0n) is 10.6. The number of halogens is 2. The number of alkyl halides is 2. The Kier molecular flexibility index (Phi) is 3.69. The molecule has 0 bridgehead atoms. The molecule has 0 spiro atoms. The van der Waals surface area contributed by atoms with E-state index in [-0.39, 0.29) is 21.4 Å². The summed E-state index contributed by atoms with van der Waals surface area (Å²) in [6.45, 7) is 3.76. The molecule has 102 valence electrons. The number of rotatable bonds is 1. The fraction of sp³-hybridized carbons (Fsp3) is 0.846. The zero-order chi connectivity index (χ0) is 13.7. The van der Waals surface area contributed by atoms with Gasteiger partial charge in [-0.3, -0.25) is 9.59 Å². The van der Waals surface area contributed by atoms with E-state index in [1.165, 1.54) is 0 Å². The van der Waals surface area contributed by atoms with Crippen LogP contribution in [0.2, 0.25) is 0 Å². The van der Waals surface area contributed by atoms with Crippen LogP contribution in [0.4, 0.5) is 0 Å². The Balaban J connectivity index is 2.44. The molecule has 3 nitrogen and oxygen atoms in total. The van der Waals surface area contributed by atoms with E-state index in [0.717, 1.165) is 19.3 Å². The van der Waals surface area contributed by atoms with Gasteiger partial charge in [-0.1, -0.05) is 45.2 Å². The van der Waals surface area contributed by atoms with Gasteiger partial charge in [0.05, 0.1) is 10.2 Å². The first-order valence-corrected chi connectivity index (χ1v) is 8.12. The van der Waals surface area contributed by atoms with E-state index in [9.17, 15) is 14.7 Å². The Morgan fingerprint density at radius 1 is 1.33 bits per heavy atom. The number of fused-ring (bicyclic) bond motifs is 1. The minimum absolute atomic E-state index is 0.0276. The normalized spacial score (nSPS) is 48.7. The van der Waals surface area contributed by atoms with Gasteiger partial charge >= 0.3 is 5.97 Å². The number of carboxylic acids is 1. The van der Waals surface area contributed by atoms with Gasteiger partial charge in [-0.25, -0.2) is 0 Å². The van der Waals surface area contributed by atoms with Gasteiger partial charge in [0.2, 0.25) is 0 Å². The van der Waals surface area contributed by atoms with Gasteiger partial charge < -0.3 is 5.11 Å². The lowest BCUT2D eigenvalue weighted by Crippen LogP contribution is -2.58. The minimum Gasteiger partial charge on any atom is -0.481 e. The van der Waals surface area contributed by atoms with Gasteiger partial charge in [0, 0.05) is 10.2 Å². The molecule has 0 aromatic carbocycles. The van der Waals surface area contributed by atoms with E-state index in [0.29, 0.717) is 6.42 Å². The van der Waals surface area contributed by atoms with Crippen molar-refractivity contribution in [3.63, 3.8) is 0 Å². The maximum absolute atomic E-state index is 12.5. The molecule has 2 saturated carbocycles. The Hall–Kier alpha value is 0.1000. The summed E-state index contributed by atoms with van der Waals surface area (Å²) in [6.07, 6.45) is 3.03. The summed E-state index contributed by atoms with van der Waals surface area (Å²) in [5, 5.41) is 9.55. The van der Waals surface area contributed by atoms with Crippen molar-refractivity contribution in [1.82, 2.24) is 0 Å². The third kappa shape index (κ3) is 1.89. The van der Waals surface area contributed by atoms with E-state index in [4.69, 9.17) is 0 Å². The van der Waals surface area contributed by atoms with Crippen molar-refractivity contribution in [2.24, 2.45) is 16.7 Å². The van der Waals surface area contributed by atoms with E-state index in [1.807, 2.05) is 6.92 Å². The predicted molar refractivity (Wildman–Crippen MR) is 76.2 cm³/mol. The van der Waals surface area contributed by atoms with Gasteiger partial charge in [0.15, 0.2) is 5.78 Å². The second-order valence-electron chi connectivity index (χ2n) is 6.06. The molecule has 0 heterocycles. The highest BCUT2D eigenvalue weighted by Gasteiger charge is 2.60. The molecule has 0 aromatic rings. The molecule has 3 unspecified atom stereocenters. The quantitative estimate of drug-likeness (QED) is 0.708. The standard InChI is InChI=1S/C13H18Br2O3/c1-12-4-3-5-13(2,11(17)18)8(12)6-7(14)9(15)10(12)16/h7-9H,3-6H2,1-2H3,(H,17,18)/t7-,8+,9?,12?,13?/m0/s1. The number of carbonyl (C=O) groups is 2. The number of aliphatic carboxylic acids is 1. The number of Topliss-reactive ketones (excluding diaryl/α,β-unsaturated/α-hetero) is 1. The summed E-state index contributed by atoms with van der Waals surface area (Å²) < 4.78 is 0. The SMILES string of the molecule is CC1(C(=O)O)CCCC2(C)C(=O)C(Br)[C@@H](Br)C[C@@H]12. The third-order valence-electron chi connectivity index (χ3n) is 5.01. The van der Waals surface area contributed by atoms with Crippen molar-refractivity contribution in [3.05, 3.63) is 0 Å².